The maximum absolute atomic E-state index is 11.3. The molecule has 0 bridgehead atoms. The van der Waals surface area contributed by atoms with E-state index >= 15 is 0 Å². The van der Waals surface area contributed by atoms with Gasteiger partial charge in [-0.3, -0.25) is 19.5 Å². The first kappa shape index (κ1) is 19.1. The van der Waals surface area contributed by atoms with Crippen LogP contribution in [-0.4, -0.2) is 41.0 Å². The zero-order valence-electron chi connectivity index (χ0n) is 14.4. The highest BCUT2D eigenvalue weighted by atomic mass is 32.1. The molecule has 136 valence electrons. The Labute approximate surface area is 155 Å². The third-order valence-electron chi connectivity index (χ3n) is 3.28. The summed E-state index contributed by atoms with van der Waals surface area (Å²) in [7, 11) is 1.60. The highest BCUT2D eigenvalue weighted by molar-refractivity contribution is 7.80. The molecule has 0 saturated carbocycles. The van der Waals surface area contributed by atoms with E-state index in [0.717, 1.165) is 5.69 Å². The molecule has 0 fully saturated rings. The summed E-state index contributed by atoms with van der Waals surface area (Å²) in [5, 5.41) is 6.19. The second-order valence-electron chi connectivity index (χ2n) is 5.03. The fourth-order valence-electron chi connectivity index (χ4n) is 1.95. The summed E-state index contributed by atoms with van der Waals surface area (Å²) in [5.74, 6) is 1.43. The van der Waals surface area contributed by atoms with Crippen molar-refractivity contribution in [1.29, 1.82) is 0 Å². The average molecular weight is 373 g/mol. The van der Waals surface area contributed by atoms with Crippen molar-refractivity contribution in [2.24, 2.45) is 4.99 Å². The summed E-state index contributed by atoms with van der Waals surface area (Å²) in [5.41, 5.74) is 0.511. The molecule has 0 radical (unpaired) electrons. The molecule has 26 heavy (non-hydrogen) atoms. The molecular weight excluding hydrogens is 354 g/mol. The van der Waals surface area contributed by atoms with Crippen molar-refractivity contribution in [3.63, 3.8) is 0 Å². The van der Waals surface area contributed by atoms with Gasteiger partial charge in [0.1, 0.15) is 11.5 Å². The van der Waals surface area contributed by atoms with E-state index in [4.69, 9.17) is 17.0 Å². The standard InChI is InChI=1S/C17H19N5O3S/c1-3-22(11-23)17(26)21-16(18-2)20-12-4-6-13(7-5-12)25-14-8-9-19-15(24)10-14/h4-11H,3H2,1-2H3,(H,19,24)(H2,18,20,21,26). The molecular formula is C17H19N5O3S. The summed E-state index contributed by atoms with van der Waals surface area (Å²) in [6.07, 6.45) is 2.18. The molecule has 9 heteroatoms. The minimum Gasteiger partial charge on any atom is -0.457 e. The number of nitrogens with one attached hydrogen (secondary N) is 3. The number of hydrogen-bond donors (Lipinski definition) is 3. The first-order valence-corrected chi connectivity index (χ1v) is 8.20. The Bertz CT molecular complexity index is 848. The van der Waals surface area contributed by atoms with Crippen LogP contribution in [-0.2, 0) is 4.79 Å². The van der Waals surface area contributed by atoms with E-state index in [2.05, 4.69) is 20.6 Å². The number of anilines is 1. The van der Waals surface area contributed by atoms with Crippen molar-refractivity contribution in [1.82, 2.24) is 15.2 Å². The molecule has 0 unspecified atom stereocenters. The fourth-order valence-corrected chi connectivity index (χ4v) is 2.22. The number of thiocarbonyl (C=S) groups is 1. The zero-order valence-corrected chi connectivity index (χ0v) is 15.2. The first-order chi connectivity index (χ1) is 12.5. The van der Waals surface area contributed by atoms with Gasteiger partial charge in [0.15, 0.2) is 5.11 Å². The molecule has 1 aromatic carbocycles. The van der Waals surface area contributed by atoms with Crippen LogP contribution in [0.25, 0.3) is 0 Å². The van der Waals surface area contributed by atoms with E-state index in [1.807, 2.05) is 6.92 Å². The van der Waals surface area contributed by atoms with Crippen molar-refractivity contribution >= 4 is 35.4 Å². The second kappa shape index (κ2) is 9.33. The van der Waals surface area contributed by atoms with E-state index in [9.17, 15) is 9.59 Å². The van der Waals surface area contributed by atoms with Gasteiger partial charge in [-0.05, 0) is 49.5 Å². The number of amides is 1. The minimum absolute atomic E-state index is 0.233. The van der Waals surface area contributed by atoms with Crippen LogP contribution in [0.5, 0.6) is 11.5 Å². The number of guanidine groups is 1. The number of carbonyl (C=O) groups excluding carboxylic acids is 1. The van der Waals surface area contributed by atoms with Gasteiger partial charge in [-0.15, -0.1) is 0 Å². The van der Waals surface area contributed by atoms with Gasteiger partial charge in [0.2, 0.25) is 12.4 Å². The van der Waals surface area contributed by atoms with Crippen molar-refractivity contribution < 1.29 is 9.53 Å². The van der Waals surface area contributed by atoms with Gasteiger partial charge in [0.25, 0.3) is 5.56 Å². The first-order valence-electron chi connectivity index (χ1n) is 7.79. The molecule has 2 rings (SSSR count). The Morgan fingerprint density at radius 3 is 2.62 bits per heavy atom. The van der Waals surface area contributed by atoms with Crippen molar-refractivity contribution in [2.75, 3.05) is 18.9 Å². The topological polar surface area (TPSA) is 98.8 Å². The molecule has 1 heterocycles. The average Bonchev–Trinajstić information content (AvgIpc) is 2.63. The van der Waals surface area contributed by atoms with Crippen LogP contribution in [0.4, 0.5) is 5.69 Å². The largest absolute Gasteiger partial charge is 0.457 e. The number of nitrogens with zero attached hydrogens (tertiary/aromatic N) is 2. The Morgan fingerprint density at radius 2 is 2.04 bits per heavy atom. The minimum atomic E-state index is -0.233. The lowest BCUT2D eigenvalue weighted by atomic mass is 10.3. The third-order valence-corrected chi connectivity index (χ3v) is 3.61. The van der Waals surface area contributed by atoms with E-state index in [1.54, 1.807) is 37.4 Å². The predicted octanol–water partition coefficient (Wildman–Crippen LogP) is 1.92. The number of aromatic amines is 1. The summed E-state index contributed by atoms with van der Waals surface area (Å²) in [6, 6.07) is 10.1. The normalized spacial score (nSPS) is 10.8. The van der Waals surface area contributed by atoms with Crippen LogP contribution in [0.2, 0.25) is 0 Å². The second-order valence-corrected chi connectivity index (χ2v) is 5.42. The van der Waals surface area contributed by atoms with Crippen molar-refractivity contribution in [3.8, 4) is 11.5 Å². The zero-order chi connectivity index (χ0) is 18.9. The summed E-state index contributed by atoms with van der Waals surface area (Å²) in [4.78, 5) is 30.1. The van der Waals surface area contributed by atoms with E-state index in [1.165, 1.54) is 17.2 Å². The molecule has 0 saturated heterocycles. The molecule has 8 nitrogen and oxygen atoms in total. The third kappa shape index (κ3) is 5.42. The summed E-state index contributed by atoms with van der Waals surface area (Å²) < 4.78 is 5.61. The molecule has 0 spiro atoms. The number of rotatable bonds is 5. The van der Waals surface area contributed by atoms with Gasteiger partial charge in [-0.1, -0.05) is 0 Å². The highest BCUT2D eigenvalue weighted by Gasteiger charge is 2.09. The smallest absolute Gasteiger partial charge is 0.251 e. The fraction of sp³-hybridized carbons (Fsp3) is 0.176. The number of pyridine rings is 1. The van der Waals surface area contributed by atoms with Crippen molar-refractivity contribution in [3.05, 3.63) is 52.9 Å². The maximum Gasteiger partial charge on any atom is 0.251 e. The van der Waals surface area contributed by atoms with Crippen LogP contribution >= 0.6 is 12.2 Å². The Balaban J connectivity index is 2.00. The Hall–Kier alpha value is -3.20. The van der Waals surface area contributed by atoms with Crippen LogP contribution in [0.1, 0.15) is 6.92 Å². The van der Waals surface area contributed by atoms with Gasteiger partial charge in [-0.25, -0.2) is 0 Å². The molecule has 0 aliphatic rings. The van der Waals surface area contributed by atoms with Gasteiger partial charge >= 0.3 is 0 Å². The Morgan fingerprint density at radius 1 is 1.31 bits per heavy atom. The lowest BCUT2D eigenvalue weighted by Crippen LogP contribution is -2.44. The van der Waals surface area contributed by atoms with Crippen LogP contribution in [0.15, 0.2) is 52.4 Å². The quantitative estimate of drug-likeness (QED) is 0.321. The predicted molar refractivity (Wildman–Crippen MR) is 105 cm³/mol. The molecule has 3 N–H and O–H groups in total. The Kier molecular flexibility index (Phi) is 6.86. The molecule has 2 aromatic rings. The van der Waals surface area contributed by atoms with Crippen LogP contribution in [0, 0.1) is 0 Å². The van der Waals surface area contributed by atoms with Gasteiger partial charge in [0, 0.05) is 31.5 Å². The monoisotopic (exact) mass is 373 g/mol. The molecule has 1 amide bonds. The number of hydrogen-bond acceptors (Lipinski definition) is 5. The van der Waals surface area contributed by atoms with E-state index < -0.39 is 0 Å². The number of H-pyrrole nitrogens is 1. The SMILES string of the molecule is CCN(C=O)C(=S)NC(=NC)Nc1ccc(Oc2cc[nH]c(=O)c2)cc1. The lowest BCUT2D eigenvalue weighted by molar-refractivity contribution is -0.114. The lowest BCUT2D eigenvalue weighted by Gasteiger charge is -2.19. The van der Waals surface area contributed by atoms with Gasteiger partial charge in [0.05, 0.1) is 0 Å². The van der Waals surface area contributed by atoms with Crippen LogP contribution in [0.3, 0.4) is 0 Å². The van der Waals surface area contributed by atoms with E-state index in [-0.39, 0.29) is 10.7 Å². The molecule has 1 aromatic heterocycles. The number of ether oxygens (including phenoxy) is 1. The molecule has 0 aliphatic heterocycles. The van der Waals surface area contributed by atoms with Gasteiger partial charge in [-0.2, -0.15) is 0 Å². The number of aromatic nitrogens is 1. The molecule has 0 aliphatic carbocycles. The summed E-state index contributed by atoms with van der Waals surface area (Å²) in [6.45, 7) is 2.28. The number of carbonyl (C=O) groups is 1. The van der Waals surface area contributed by atoms with Crippen molar-refractivity contribution in [2.45, 2.75) is 6.92 Å². The van der Waals surface area contributed by atoms with E-state index in [0.29, 0.717) is 30.4 Å². The molecule has 0 atom stereocenters. The van der Waals surface area contributed by atoms with Gasteiger partial charge < -0.3 is 20.4 Å². The summed E-state index contributed by atoms with van der Waals surface area (Å²) >= 11 is 5.15. The number of aliphatic imine (C=N–C) groups is 1. The highest BCUT2D eigenvalue weighted by Crippen LogP contribution is 2.21. The maximum atomic E-state index is 11.3. The number of benzene rings is 1. The van der Waals surface area contributed by atoms with Crippen LogP contribution < -0.4 is 20.9 Å².